The molecule has 5 rings (SSSR count). The second-order valence-corrected chi connectivity index (χ2v) is 10.6. The highest BCUT2D eigenvalue weighted by Crippen LogP contribution is 2.44. The number of aryl methyl sites for hydroxylation is 1. The Kier molecular flexibility index (Phi) is 7.60. The Balaban J connectivity index is 1.17. The molecule has 200 valence electrons. The summed E-state index contributed by atoms with van der Waals surface area (Å²) in [5, 5.41) is 13.3. The van der Waals surface area contributed by atoms with Crippen LogP contribution in [-0.4, -0.2) is 58.6 Å². The summed E-state index contributed by atoms with van der Waals surface area (Å²) in [6.07, 6.45) is 7.35. The largest absolute Gasteiger partial charge is 0.496 e. The average Bonchev–Trinajstić information content (AvgIpc) is 3.62. The lowest BCUT2D eigenvalue weighted by molar-refractivity contribution is -0.143. The average molecular weight is 515 g/mol. The maximum Gasteiger partial charge on any atom is 0.325 e. The van der Waals surface area contributed by atoms with E-state index < -0.39 is 23.9 Å². The van der Waals surface area contributed by atoms with Gasteiger partial charge in [-0.05, 0) is 64.0 Å². The molecule has 2 aromatic rings. The number of carboxylic acids is 1. The number of carbonyl (C=O) groups is 1. The van der Waals surface area contributed by atoms with Gasteiger partial charge in [-0.25, -0.2) is 13.8 Å². The van der Waals surface area contributed by atoms with Crippen LogP contribution in [0.5, 0.6) is 5.75 Å². The van der Waals surface area contributed by atoms with Crippen molar-refractivity contribution >= 4 is 11.8 Å². The molecule has 37 heavy (non-hydrogen) atoms. The van der Waals surface area contributed by atoms with E-state index in [9.17, 15) is 9.90 Å². The number of alkyl halides is 2. The summed E-state index contributed by atoms with van der Waals surface area (Å²) in [7, 11) is 1.65. The summed E-state index contributed by atoms with van der Waals surface area (Å²) >= 11 is 0. The Morgan fingerprint density at radius 1 is 1.32 bits per heavy atom. The Hall–Kier alpha value is -2.81. The Labute approximate surface area is 216 Å². The van der Waals surface area contributed by atoms with E-state index in [0.717, 1.165) is 60.7 Å². The van der Waals surface area contributed by atoms with Gasteiger partial charge in [-0.1, -0.05) is 6.07 Å². The number of aliphatic carboxylic acids is 1. The minimum atomic E-state index is -2.84. The number of methoxy groups -OCH3 is 1. The molecule has 0 bridgehead atoms. The van der Waals surface area contributed by atoms with E-state index in [2.05, 4.69) is 15.3 Å². The fourth-order valence-electron chi connectivity index (χ4n) is 5.85. The van der Waals surface area contributed by atoms with Crippen LogP contribution in [0.25, 0.3) is 0 Å². The molecule has 2 N–H and O–H groups in total. The minimum Gasteiger partial charge on any atom is -0.496 e. The molecule has 2 aliphatic heterocycles. The third-order valence-electron chi connectivity index (χ3n) is 7.99. The highest BCUT2D eigenvalue weighted by molar-refractivity contribution is 5.76. The first kappa shape index (κ1) is 25.8. The number of ether oxygens (including phenoxy) is 1. The molecule has 0 aromatic carbocycles. The van der Waals surface area contributed by atoms with E-state index in [1.165, 1.54) is 0 Å². The number of hydrogen-bond acceptors (Lipinski definition) is 6. The molecule has 1 saturated heterocycles. The van der Waals surface area contributed by atoms with Crippen LogP contribution in [0.15, 0.2) is 24.4 Å². The SMILES string of the molecule is COc1cc(CCCCC(F)(F)C2CCN([C@H](C(=O)O)c3cccnc3C3CC3)C2)nc2c1CCCN2. The number of halogens is 2. The molecule has 2 fully saturated rings. The number of nitrogens with one attached hydrogen (secondary N) is 1. The van der Waals surface area contributed by atoms with Crippen LogP contribution in [0.3, 0.4) is 0 Å². The number of aromatic nitrogens is 2. The second-order valence-electron chi connectivity index (χ2n) is 10.6. The number of pyridine rings is 2. The first-order chi connectivity index (χ1) is 17.9. The summed E-state index contributed by atoms with van der Waals surface area (Å²) < 4.78 is 36.0. The molecule has 1 aliphatic carbocycles. The highest BCUT2D eigenvalue weighted by atomic mass is 19.3. The van der Waals surface area contributed by atoms with E-state index in [4.69, 9.17) is 4.74 Å². The standard InChI is InChI=1S/C28H36F2N4O3/c1-37-23-16-20(33-26-21(23)7-4-14-32-26)6-2-3-12-28(29,30)19-11-15-34(17-19)25(27(35)36)22-8-5-13-31-24(22)18-9-10-18/h5,8,13,16,18-19,25H,2-4,6-7,9-12,14-15,17H2,1H3,(H,32,33)(H,35,36)/t19?,25-/m0/s1. The van der Waals surface area contributed by atoms with Gasteiger partial charge in [0.05, 0.1) is 7.11 Å². The molecule has 0 radical (unpaired) electrons. The predicted octanol–water partition coefficient (Wildman–Crippen LogP) is 5.22. The molecule has 4 heterocycles. The van der Waals surface area contributed by atoms with Gasteiger partial charge in [0.1, 0.15) is 17.6 Å². The fraction of sp³-hybridized carbons (Fsp3) is 0.607. The first-order valence-corrected chi connectivity index (χ1v) is 13.5. The van der Waals surface area contributed by atoms with Crippen molar-refractivity contribution in [3.8, 4) is 5.75 Å². The number of anilines is 1. The van der Waals surface area contributed by atoms with Crippen molar-refractivity contribution in [2.45, 2.75) is 75.7 Å². The monoisotopic (exact) mass is 514 g/mol. The molecular weight excluding hydrogens is 478 g/mol. The zero-order chi connectivity index (χ0) is 26.0. The zero-order valence-corrected chi connectivity index (χ0v) is 21.4. The molecule has 2 atom stereocenters. The summed E-state index contributed by atoms with van der Waals surface area (Å²) in [6, 6.07) is 4.54. The van der Waals surface area contributed by atoms with Crippen molar-refractivity contribution in [3.63, 3.8) is 0 Å². The Bertz CT molecular complexity index is 1110. The third-order valence-corrected chi connectivity index (χ3v) is 7.99. The van der Waals surface area contributed by atoms with Crippen LogP contribution in [0, 0.1) is 5.92 Å². The van der Waals surface area contributed by atoms with Gasteiger partial charge in [0.15, 0.2) is 0 Å². The van der Waals surface area contributed by atoms with Gasteiger partial charge in [-0.2, -0.15) is 0 Å². The summed E-state index contributed by atoms with van der Waals surface area (Å²) in [5.41, 5.74) is 3.41. The van der Waals surface area contributed by atoms with Crippen molar-refractivity contribution < 1.29 is 23.4 Å². The van der Waals surface area contributed by atoms with Gasteiger partial charge in [-0.15, -0.1) is 0 Å². The van der Waals surface area contributed by atoms with Gasteiger partial charge in [0, 0.05) is 66.1 Å². The van der Waals surface area contributed by atoms with Crippen molar-refractivity contribution in [1.29, 1.82) is 0 Å². The Morgan fingerprint density at radius 2 is 2.16 bits per heavy atom. The van der Waals surface area contributed by atoms with Crippen molar-refractivity contribution in [3.05, 3.63) is 46.9 Å². The van der Waals surface area contributed by atoms with Crippen LogP contribution in [0.1, 0.15) is 79.4 Å². The van der Waals surface area contributed by atoms with Crippen LogP contribution in [0.4, 0.5) is 14.6 Å². The molecular formula is C28H36F2N4O3. The lowest BCUT2D eigenvalue weighted by Gasteiger charge is -2.28. The number of unbranched alkanes of at least 4 members (excludes halogenated alkanes) is 1. The lowest BCUT2D eigenvalue weighted by Crippen LogP contribution is -2.36. The van der Waals surface area contributed by atoms with Gasteiger partial charge >= 0.3 is 5.97 Å². The van der Waals surface area contributed by atoms with Crippen LogP contribution >= 0.6 is 0 Å². The minimum absolute atomic E-state index is 0.0816. The topological polar surface area (TPSA) is 87.6 Å². The fourth-order valence-corrected chi connectivity index (χ4v) is 5.85. The number of nitrogens with zero attached hydrogens (tertiary/aromatic N) is 3. The molecule has 7 nitrogen and oxygen atoms in total. The third kappa shape index (κ3) is 5.71. The maximum atomic E-state index is 15.2. The Morgan fingerprint density at radius 3 is 2.92 bits per heavy atom. The van der Waals surface area contributed by atoms with E-state index in [1.54, 1.807) is 30.3 Å². The quantitative estimate of drug-likeness (QED) is 0.398. The number of fused-ring (bicyclic) bond motifs is 1. The molecule has 1 saturated carbocycles. The van der Waals surface area contributed by atoms with Gasteiger partial charge in [-0.3, -0.25) is 14.7 Å². The normalized spacial score (nSPS) is 20.8. The zero-order valence-electron chi connectivity index (χ0n) is 21.4. The van der Waals surface area contributed by atoms with Crippen LogP contribution in [-0.2, 0) is 17.6 Å². The van der Waals surface area contributed by atoms with Crippen molar-refractivity contribution in [1.82, 2.24) is 14.9 Å². The smallest absolute Gasteiger partial charge is 0.325 e. The van der Waals surface area contributed by atoms with Crippen molar-refractivity contribution in [2.24, 2.45) is 5.92 Å². The molecule has 0 amide bonds. The number of rotatable bonds is 11. The van der Waals surface area contributed by atoms with Gasteiger partial charge in [0.2, 0.25) is 0 Å². The van der Waals surface area contributed by atoms with Crippen LogP contribution < -0.4 is 10.1 Å². The summed E-state index contributed by atoms with van der Waals surface area (Å²) in [6.45, 7) is 1.31. The van der Waals surface area contributed by atoms with Crippen LogP contribution in [0.2, 0.25) is 0 Å². The van der Waals surface area contributed by atoms with E-state index >= 15 is 8.78 Å². The van der Waals surface area contributed by atoms with E-state index in [1.807, 2.05) is 6.07 Å². The molecule has 1 unspecified atom stereocenters. The first-order valence-electron chi connectivity index (χ1n) is 13.5. The number of hydrogen-bond donors (Lipinski definition) is 2. The molecule has 0 spiro atoms. The van der Waals surface area contributed by atoms with Crippen molar-refractivity contribution in [2.75, 3.05) is 32.1 Å². The highest BCUT2D eigenvalue weighted by Gasteiger charge is 2.46. The van der Waals surface area contributed by atoms with E-state index in [0.29, 0.717) is 43.7 Å². The number of carboxylic acid groups (broad SMARTS) is 1. The lowest BCUT2D eigenvalue weighted by atomic mass is 9.94. The molecule has 9 heteroatoms. The van der Waals surface area contributed by atoms with Gasteiger partial charge in [0.25, 0.3) is 5.92 Å². The summed E-state index contributed by atoms with van der Waals surface area (Å²) in [5.74, 6) is -2.73. The maximum absolute atomic E-state index is 15.2. The second kappa shape index (κ2) is 10.9. The number of likely N-dealkylation sites (tertiary alicyclic amines) is 1. The van der Waals surface area contributed by atoms with E-state index in [-0.39, 0.29) is 13.0 Å². The molecule has 2 aromatic heterocycles. The van der Waals surface area contributed by atoms with Gasteiger partial charge < -0.3 is 15.2 Å². The summed E-state index contributed by atoms with van der Waals surface area (Å²) in [4.78, 5) is 23.1. The molecule has 3 aliphatic rings. The predicted molar refractivity (Wildman–Crippen MR) is 136 cm³/mol.